The maximum Gasteiger partial charge on any atom is 0.229 e. The highest BCUT2D eigenvalue weighted by Crippen LogP contribution is 2.18. The number of carbonyl (C=O) groups is 1. The third-order valence-electron chi connectivity index (χ3n) is 3.12. The summed E-state index contributed by atoms with van der Waals surface area (Å²) in [6.07, 6.45) is 0.866. The van der Waals surface area contributed by atoms with Gasteiger partial charge in [-0.25, -0.2) is 0 Å². The molecule has 0 aromatic heterocycles. The third-order valence-corrected chi connectivity index (χ3v) is 3.12. The fourth-order valence-electron chi connectivity index (χ4n) is 2.12. The first-order valence-electron chi connectivity index (χ1n) is 5.75. The van der Waals surface area contributed by atoms with Crippen LogP contribution in [0.1, 0.15) is 18.9 Å². The van der Waals surface area contributed by atoms with Gasteiger partial charge in [0.15, 0.2) is 0 Å². The summed E-state index contributed by atoms with van der Waals surface area (Å²) in [6.45, 7) is 2.90. The van der Waals surface area contributed by atoms with Gasteiger partial charge in [-0.1, -0.05) is 6.07 Å². The largest absolute Gasteiger partial charge is 0.326 e. The molecule has 1 heterocycles. The van der Waals surface area contributed by atoms with E-state index in [-0.39, 0.29) is 17.9 Å². The van der Waals surface area contributed by atoms with Crippen molar-refractivity contribution in [3.63, 3.8) is 0 Å². The van der Waals surface area contributed by atoms with E-state index < -0.39 is 0 Å². The number of nitriles is 1. The summed E-state index contributed by atoms with van der Waals surface area (Å²) in [6, 6.07) is 9.24. The lowest BCUT2D eigenvalue weighted by Crippen LogP contribution is -2.32. The molecule has 4 nitrogen and oxygen atoms in total. The van der Waals surface area contributed by atoms with Gasteiger partial charge in [0.1, 0.15) is 0 Å². The van der Waals surface area contributed by atoms with Crippen molar-refractivity contribution in [3.05, 3.63) is 29.8 Å². The zero-order chi connectivity index (χ0) is 12.3. The van der Waals surface area contributed by atoms with E-state index in [0.717, 1.165) is 13.0 Å². The van der Waals surface area contributed by atoms with Gasteiger partial charge < -0.3 is 10.6 Å². The van der Waals surface area contributed by atoms with Crippen LogP contribution in [0.15, 0.2) is 24.3 Å². The van der Waals surface area contributed by atoms with Gasteiger partial charge in [0.05, 0.1) is 17.6 Å². The molecule has 0 bridgehead atoms. The molecule has 0 radical (unpaired) electrons. The highest BCUT2D eigenvalue weighted by molar-refractivity contribution is 5.93. The number of hydrogen-bond acceptors (Lipinski definition) is 3. The van der Waals surface area contributed by atoms with Crippen LogP contribution in [0.4, 0.5) is 5.69 Å². The van der Waals surface area contributed by atoms with E-state index in [4.69, 9.17) is 5.26 Å². The predicted octanol–water partition coefficient (Wildman–Crippen LogP) is 1.49. The monoisotopic (exact) mass is 229 g/mol. The molecule has 17 heavy (non-hydrogen) atoms. The summed E-state index contributed by atoms with van der Waals surface area (Å²) < 4.78 is 0. The highest BCUT2D eigenvalue weighted by Gasteiger charge is 2.29. The Kier molecular flexibility index (Phi) is 3.40. The van der Waals surface area contributed by atoms with E-state index in [9.17, 15) is 4.79 Å². The third kappa shape index (κ3) is 2.63. The van der Waals surface area contributed by atoms with Crippen molar-refractivity contribution >= 4 is 11.6 Å². The highest BCUT2D eigenvalue weighted by atomic mass is 16.1. The molecule has 2 atom stereocenters. The fourth-order valence-corrected chi connectivity index (χ4v) is 2.12. The molecular formula is C13H15N3O. The minimum atomic E-state index is 0.0146. The van der Waals surface area contributed by atoms with E-state index in [1.807, 2.05) is 6.92 Å². The summed E-state index contributed by atoms with van der Waals surface area (Å²) >= 11 is 0. The van der Waals surface area contributed by atoms with Crippen molar-refractivity contribution in [2.75, 3.05) is 11.9 Å². The average molecular weight is 229 g/mol. The van der Waals surface area contributed by atoms with Crippen LogP contribution in [0.5, 0.6) is 0 Å². The molecule has 2 N–H and O–H groups in total. The lowest BCUT2D eigenvalue weighted by Gasteiger charge is -2.14. The van der Waals surface area contributed by atoms with E-state index in [0.29, 0.717) is 11.3 Å². The zero-order valence-electron chi connectivity index (χ0n) is 9.73. The number of rotatable bonds is 2. The number of nitrogens with zero attached hydrogens (tertiary/aromatic N) is 1. The van der Waals surface area contributed by atoms with Crippen LogP contribution in [-0.2, 0) is 4.79 Å². The van der Waals surface area contributed by atoms with E-state index in [1.165, 1.54) is 0 Å². The van der Waals surface area contributed by atoms with Gasteiger partial charge in [0, 0.05) is 11.7 Å². The topological polar surface area (TPSA) is 64.9 Å². The van der Waals surface area contributed by atoms with Gasteiger partial charge in [-0.05, 0) is 38.1 Å². The molecule has 1 amide bonds. The lowest BCUT2D eigenvalue weighted by atomic mass is 10.0. The summed E-state index contributed by atoms with van der Waals surface area (Å²) in [4.78, 5) is 12.0. The van der Waals surface area contributed by atoms with Crippen LogP contribution in [-0.4, -0.2) is 18.5 Å². The smallest absolute Gasteiger partial charge is 0.229 e. The Balaban J connectivity index is 2.05. The lowest BCUT2D eigenvalue weighted by molar-refractivity contribution is -0.119. The van der Waals surface area contributed by atoms with Crippen molar-refractivity contribution in [2.45, 2.75) is 19.4 Å². The Labute approximate surface area is 101 Å². The normalized spacial score (nSPS) is 23.1. The number of benzene rings is 1. The van der Waals surface area contributed by atoms with Crippen LogP contribution in [0.2, 0.25) is 0 Å². The molecular weight excluding hydrogens is 214 g/mol. The first-order chi connectivity index (χ1) is 8.20. The van der Waals surface area contributed by atoms with Crippen molar-refractivity contribution in [2.24, 2.45) is 5.92 Å². The molecule has 1 aliphatic heterocycles. The Hall–Kier alpha value is -1.86. The first-order valence-corrected chi connectivity index (χ1v) is 5.75. The zero-order valence-corrected chi connectivity index (χ0v) is 9.73. The summed E-state index contributed by atoms with van der Waals surface area (Å²) in [5.74, 6) is 0.0401. The van der Waals surface area contributed by atoms with Crippen molar-refractivity contribution in [1.29, 1.82) is 5.26 Å². The van der Waals surface area contributed by atoms with Crippen molar-refractivity contribution < 1.29 is 4.79 Å². The molecule has 0 aliphatic carbocycles. The van der Waals surface area contributed by atoms with Gasteiger partial charge in [-0.2, -0.15) is 5.26 Å². The second-order valence-corrected chi connectivity index (χ2v) is 4.32. The minimum Gasteiger partial charge on any atom is -0.326 e. The molecule has 1 aromatic carbocycles. The molecule has 1 aliphatic rings. The molecule has 1 fully saturated rings. The first kappa shape index (κ1) is 11.6. The SMILES string of the molecule is CC1NCCC1C(=O)Nc1cccc(C#N)c1. The van der Waals surface area contributed by atoms with E-state index in [2.05, 4.69) is 16.7 Å². The number of carbonyl (C=O) groups excluding carboxylic acids is 1. The van der Waals surface area contributed by atoms with E-state index in [1.54, 1.807) is 24.3 Å². The van der Waals surface area contributed by atoms with Crippen LogP contribution >= 0.6 is 0 Å². The van der Waals surface area contributed by atoms with Gasteiger partial charge in [-0.15, -0.1) is 0 Å². The second kappa shape index (κ2) is 4.98. The van der Waals surface area contributed by atoms with Crippen LogP contribution in [0.3, 0.4) is 0 Å². The molecule has 2 unspecified atom stereocenters. The Bertz CT molecular complexity index is 464. The minimum absolute atomic E-state index is 0.0146. The summed E-state index contributed by atoms with van der Waals surface area (Å²) in [5.41, 5.74) is 1.24. The molecule has 1 aromatic rings. The predicted molar refractivity (Wildman–Crippen MR) is 65.4 cm³/mol. The van der Waals surface area contributed by atoms with Gasteiger partial charge in [0.2, 0.25) is 5.91 Å². The Morgan fingerprint density at radius 3 is 3.06 bits per heavy atom. The van der Waals surface area contributed by atoms with Crippen LogP contribution in [0, 0.1) is 17.2 Å². The number of nitrogens with one attached hydrogen (secondary N) is 2. The molecule has 88 valence electrons. The number of amides is 1. The Morgan fingerprint density at radius 1 is 1.59 bits per heavy atom. The van der Waals surface area contributed by atoms with Crippen LogP contribution < -0.4 is 10.6 Å². The molecule has 4 heteroatoms. The average Bonchev–Trinajstić information content (AvgIpc) is 2.76. The summed E-state index contributed by atoms with van der Waals surface area (Å²) in [7, 11) is 0. The maximum absolute atomic E-state index is 12.0. The van der Waals surface area contributed by atoms with E-state index >= 15 is 0 Å². The summed E-state index contributed by atoms with van der Waals surface area (Å²) in [5, 5.41) is 14.9. The molecule has 0 saturated carbocycles. The second-order valence-electron chi connectivity index (χ2n) is 4.32. The maximum atomic E-state index is 12.0. The molecule has 1 saturated heterocycles. The van der Waals surface area contributed by atoms with Crippen LogP contribution in [0.25, 0.3) is 0 Å². The number of hydrogen-bond donors (Lipinski definition) is 2. The molecule has 0 spiro atoms. The van der Waals surface area contributed by atoms with Crippen molar-refractivity contribution in [1.82, 2.24) is 5.32 Å². The molecule has 2 rings (SSSR count). The Morgan fingerprint density at radius 2 is 2.41 bits per heavy atom. The van der Waals surface area contributed by atoms with Gasteiger partial charge in [-0.3, -0.25) is 4.79 Å². The van der Waals surface area contributed by atoms with Gasteiger partial charge in [0.25, 0.3) is 0 Å². The standard InChI is InChI=1S/C13H15N3O/c1-9-12(5-6-15-9)13(17)16-11-4-2-3-10(7-11)8-14/h2-4,7,9,12,15H,5-6H2,1H3,(H,16,17). The quantitative estimate of drug-likeness (QED) is 0.807. The van der Waals surface area contributed by atoms with Gasteiger partial charge >= 0.3 is 0 Å². The van der Waals surface area contributed by atoms with Crippen molar-refractivity contribution in [3.8, 4) is 6.07 Å². The fraction of sp³-hybridized carbons (Fsp3) is 0.385. The number of anilines is 1.